The third-order valence-corrected chi connectivity index (χ3v) is 3.78. The molecule has 0 atom stereocenters. The van der Waals surface area contributed by atoms with Crippen LogP contribution in [-0.4, -0.2) is 4.98 Å². The van der Waals surface area contributed by atoms with E-state index in [0.717, 1.165) is 10.6 Å². The maximum Gasteiger partial charge on any atom is 0.129 e. The monoisotopic (exact) mass is 270 g/mol. The van der Waals surface area contributed by atoms with Gasteiger partial charge < -0.3 is 5.32 Å². The maximum absolute atomic E-state index is 13.5. The summed E-state index contributed by atoms with van der Waals surface area (Å²) in [7, 11) is 0. The fourth-order valence-electron chi connectivity index (χ4n) is 1.50. The second kappa shape index (κ2) is 5.58. The van der Waals surface area contributed by atoms with Crippen molar-refractivity contribution in [3.05, 3.63) is 50.7 Å². The summed E-state index contributed by atoms with van der Waals surface area (Å²) >= 11 is 7.52. The molecule has 0 saturated carbocycles. The number of nitrogens with one attached hydrogen (secondary N) is 1. The minimum Gasteiger partial charge on any atom is -0.308 e. The number of halogens is 2. The van der Waals surface area contributed by atoms with Gasteiger partial charge in [-0.1, -0.05) is 17.7 Å². The van der Waals surface area contributed by atoms with Gasteiger partial charge in [-0.05, 0) is 19.1 Å². The third-order valence-electron chi connectivity index (χ3n) is 2.49. The lowest BCUT2D eigenvalue weighted by Gasteiger charge is -2.07. The van der Waals surface area contributed by atoms with Crippen LogP contribution in [-0.2, 0) is 13.1 Å². The first-order valence-corrected chi connectivity index (χ1v) is 6.47. The van der Waals surface area contributed by atoms with Gasteiger partial charge in [0.2, 0.25) is 0 Å². The van der Waals surface area contributed by atoms with E-state index in [2.05, 4.69) is 10.3 Å². The van der Waals surface area contributed by atoms with Crippen molar-refractivity contribution in [2.75, 3.05) is 0 Å². The highest BCUT2D eigenvalue weighted by atomic mass is 35.5. The Labute approximate surface area is 108 Å². The number of aryl methyl sites for hydroxylation is 1. The van der Waals surface area contributed by atoms with Crippen LogP contribution >= 0.6 is 22.9 Å². The van der Waals surface area contributed by atoms with Crippen molar-refractivity contribution in [3.8, 4) is 0 Å². The molecule has 0 radical (unpaired) electrons. The molecule has 5 heteroatoms. The Morgan fingerprint density at radius 3 is 2.88 bits per heavy atom. The van der Waals surface area contributed by atoms with E-state index in [1.165, 1.54) is 6.07 Å². The Kier molecular flexibility index (Phi) is 4.10. The molecule has 0 amide bonds. The Morgan fingerprint density at radius 1 is 1.41 bits per heavy atom. The zero-order valence-electron chi connectivity index (χ0n) is 9.34. The lowest BCUT2D eigenvalue weighted by Crippen LogP contribution is -2.14. The Hall–Kier alpha value is -0.970. The average Bonchev–Trinajstić information content (AvgIpc) is 2.69. The summed E-state index contributed by atoms with van der Waals surface area (Å²) in [6.45, 7) is 3.06. The molecule has 17 heavy (non-hydrogen) atoms. The molecular formula is C12H12ClFN2S. The second-order valence-electron chi connectivity index (χ2n) is 3.66. The standard InChI is InChI=1S/C12H12ClFN2S/c1-8-12(17-7-16-8)6-15-5-9-10(13)3-2-4-11(9)14/h2-4,7,15H,5-6H2,1H3. The SMILES string of the molecule is Cc1ncsc1CNCc1c(F)cccc1Cl. The predicted octanol–water partition coefficient (Wildman–Crippen LogP) is 3.53. The van der Waals surface area contributed by atoms with Crippen molar-refractivity contribution >= 4 is 22.9 Å². The van der Waals surface area contributed by atoms with Crippen molar-refractivity contribution in [2.45, 2.75) is 20.0 Å². The van der Waals surface area contributed by atoms with Crippen molar-refractivity contribution in [2.24, 2.45) is 0 Å². The van der Waals surface area contributed by atoms with Gasteiger partial charge in [-0.2, -0.15) is 0 Å². The van der Waals surface area contributed by atoms with E-state index in [0.29, 0.717) is 23.7 Å². The highest BCUT2D eigenvalue weighted by Gasteiger charge is 2.07. The first kappa shape index (κ1) is 12.5. The molecule has 0 bridgehead atoms. The first-order chi connectivity index (χ1) is 8.18. The largest absolute Gasteiger partial charge is 0.308 e. The normalized spacial score (nSPS) is 10.8. The molecule has 0 aliphatic carbocycles. The van der Waals surface area contributed by atoms with Crippen LogP contribution in [0.15, 0.2) is 23.7 Å². The zero-order valence-corrected chi connectivity index (χ0v) is 10.9. The number of thiazole rings is 1. The summed E-state index contributed by atoms with van der Waals surface area (Å²) in [6.07, 6.45) is 0. The van der Waals surface area contributed by atoms with Crippen LogP contribution in [0.4, 0.5) is 4.39 Å². The molecule has 1 heterocycles. The molecule has 0 aliphatic heterocycles. The van der Waals surface area contributed by atoms with Gasteiger partial charge in [0.05, 0.1) is 11.2 Å². The van der Waals surface area contributed by atoms with Gasteiger partial charge in [0, 0.05) is 28.6 Å². The number of rotatable bonds is 4. The first-order valence-electron chi connectivity index (χ1n) is 5.21. The van der Waals surface area contributed by atoms with E-state index in [-0.39, 0.29) is 5.82 Å². The summed E-state index contributed by atoms with van der Waals surface area (Å²) in [4.78, 5) is 5.32. The molecule has 1 N–H and O–H groups in total. The second-order valence-corrected chi connectivity index (χ2v) is 5.01. The minimum atomic E-state index is -0.272. The summed E-state index contributed by atoms with van der Waals surface area (Å²) in [5.41, 5.74) is 3.33. The molecule has 0 fully saturated rings. The molecule has 2 aromatic rings. The van der Waals surface area contributed by atoms with Crippen molar-refractivity contribution in [3.63, 3.8) is 0 Å². The Morgan fingerprint density at radius 2 is 2.24 bits per heavy atom. The van der Waals surface area contributed by atoms with E-state index in [1.54, 1.807) is 23.5 Å². The predicted molar refractivity (Wildman–Crippen MR) is 68.8 cm³/mol. The van der Waals surface area contributed by atoms with Crippen molar-refractivity contribution in [1.82, 2.24) is 10.3 Å². The van der Waals surface area contributed by atoms with E-state index in [1.807, 2.05) is 12.4 Å². The number of hydrogen-bond acceptors (Lipinski definition) is 3. The maximum atomic E-state index is 13.5. The van der Waals surface area contributed by atoms with Crippen LogP contribution in [0.3, 0.4) is 0 Å². The van der Waals surface area contributed by atoms with Crippen LogP contribution in [0.5, 0.6) is 0 Å². The van der Waals surface area contributed by atoms with Crippen LogP contribution in [0, 0.1) is 12.7 Å². The molecule has 90 valence electrons. The Bertz CT molecular complexity index is 493. The molecule has 0 saturated heterocycles. The average molecular weight is 271 g/mol. The van der Waals surface area contributed by atoms with Gasteiger partial charge in [-0.15, -0.1) is 11.3 Å². The molecule has 2 rings (SSSR count). The number of benzene rings is 1. The fraction of sp³-hybridized carbons (Fsp3) is 0.250. The van der Waals surface area contributed by atoms with Gasteiger partial charge in [0.1, 0.15) is 5.82 Å². The van der Waals surface area contributed by atoms with Crippen LogP contribution in [0.25, 0.3) is 0 Å². The molecule has 0 aliphatic rings. The Balaban J connectivity index is 1.97. The van der Waals surface area contributed by atoms with Gasteiger partial charge in [0.25, 0.3) is 0 Å². The fourth-order valence-corrected chi connectivity index (χ4v) is 2.47. The molecule has 1 aromatic heterocycles. The van der Waals surface area contributed by atoms with Gasteiger partial charge >= 0.3 is 0 Å². The summed E-state index contributed by atoms with van der Waals surface area (Å²) < 4.78 is 13.5. The van der Waals surface area contributed by atoms with Crippen LogP contribution in [0.2, 0.25) is 5.02 Å². The van der Waals surface area contributed by atoms with Crippen LogP contribution in [0.1, 0.15) is 16.1 Å². The lowest BCUT2D eigenvalue weighted by molar-refractivity contribution is 0.589. The number of aromatic nitrogens is 1. The van der Waals surface area contributed by atoms with Gasteiger partial charge in [-0.3, -0.25) is 0 Å². The van der Waals surface area contributed by atoms with E-state index < -0.39 is 0 Å². The van der Waals surface area contributed by atoms with E-state index >= 15 is 0 Å². The summed E-state index contributed by atoms with van der Waals surface area (Å²) in [5, 5.41) is 3.63. The number of nitrogens with zero attached hydrogens (tertiary/aromatic N) is 1. The smallest absolute Gasteiger partial charge is 0.129 e. The minimum absolute atomic E-state index is 0.272. The number of hydrogen-bond donors (Lipinski definition) is 1. The van der Waals surface area contributed by atoms with Crippen molar-refractivity contribution < 1.29 is 4.39 Å². The van der Waals surface area contributed by atoms with Gasteiger partial charge in [-0.25, -0.2) is 9.37 Å². The van der Waals surface area contributed by atoms with Gasteiger partial charge in [0.15, 0.2) is 0 Å². The van der Waals surface area contributed by atoms with E-state index in [9.17, 15) is 4.39 Å². The van der Waals surface area contributed by atoms with Crippen molar-refractivity contribution in [1.29, 1.82) is 0 Å². The molecular weight excluding hydrogens is 259 g/mol. The summed E-state index contributed by atoms with van der Waals surface area (Å²) in [5.74, 6) is -0.272. The molecule has 2 nitrogen and oxygen atoms in total. The zero-order chi connectivity index (χ0) is 12.3. The quantitative estimate of drug-likeness (QED) is 0.919. The molecule has 0 unspecified atom stereocenters. The van der Waals surface area contributed by atoms with E-state index in [4.69, 9.17) is 11.6 Å². The lowest BCUT2D eigenvalue weighted by atomic mass is 10.2. The van der Waals surface area contributed by atoms with Crippen LogP contribution < -0.4 is 5.32 Å². The topological polar surface area (TPSA) is 24.9 Å². The summed E-state index contributed by atoms with van der Waals surface area (Å²) in [6, 6.07) is 4.72. The molecule has 1 aromatic carbocycles. The molecule has 0 spiro atoms. The third kappa shape index (κ3) is 3.03. The highest BCUT2D eigenvalue weighted by molar-refractivity contribution is 7.09. The highest BCUT2D eigenvalue weighted by Crippen LogP contribution is 2.19.